The van der Waals surface area contributed by atoms with E-state index in [2.05, 4.69) is 19.7 Å². The van der Waals surface area contributed by atoms with Crippen molar-refractivity contribution in [2.75, 3.05) is 5.88 Å². The van der Waals surface area contributed by atoms with Crippen LogP contribution in [0.1, 0.15) is 11.7 Å². The van der Waals surface area contributed by atoms with E-state index in [4.69, 9.17) is 27.7 Å². The summed E-state index contributed by atoms with van der Waals surface area (Å²) in [6.07, 6.45) is 2.77. The number of alkyl halides is 1. The summed E-state index contributed by atoms with van der Waals surface area (Å²) in [7, 11) is 0. The Labute approximate surface area is 125 Å². The molecule has 2 heterocycles. The van der Waals surface area contributed by atoms with E-state index in [0.29, 0.717) is 36.2 Å². The van der Waals surface area contributed by atoms with E-state index in [1.165, 1.54) is 6.33 Å². The summed E-state index contributed by atoms with van der Waals surface area (Å²) in [6.45, 7) is 0.715. The van der Waals surface area contributed by atoms with Crippen molar-refractivity contribution in [1.29, 1.82) is 0 Å². The molecule has 0 atom stereocenters. The van der Waals surface area contributed by atoms with E-state index >= 15 is 0 Å². The van der Waals surface area contributed by atoms with Gasteiger partial charge < -0.3 is 9.09 Å². The highest BCUT2D eigenvalue weighted by Gasteiger charge is 2.11. The predicted molar refractivity (Wildman–Crippen MR) is 77.2 cm³/mol. The molecule has 0 aliphatic carbocycles. The molecule has 20 heavy (non-hydrogen) atoms. The Morgan fingerprint density at radius 2 is 2.15 bits per heavy atom. The van der Waals surface area contributed by atoms with Gasteiger partial charge in [0.05, 0.1) is 11.0 Å². The van der Waals surface area contributed by atoms with Crippen LogP contribution in [0.15, 0.2) is 29.0 Å². The van der Waals surface area contributed by atoms with Crippen molar-refractivity contribution < 1.29 is 4.52 Å². The van der Waals surface area contributed by atoms with E-state index in [1.807, 2.05) is 18.2 Å². The van der Waals surface area contributed by atoms with E-state index < -0.39 is 0 Å². The molecule has 0 N–H and O–H groups in total. The van der Waals surface area contributed by atoms with Crippen LogP contribution in [0.25, 0.3) is 11.0 Å². The summed E-state index contributed by atoms with van der Waals surface area (Å²) in [6, 6.07) is 5.69. The number of fused-ring (bicyclic) bond motifs is 1. The molecule has 0 saturated heterocycles. The van der Waals surface area contributed by atoms with Gasteiger partial charge in [0.1, 0.15) is 5.82 Å². The molecule has 7 heteroatoms. The number of rotatable bonds is 5. The molecular weight excluding hydrogens is 299 g/mol. The quantitative estimate of drug-likeness (QED) is 0.679. The number of aromatic nitrogens is 4. The lowest BCUT2D eigenvalue weighted by Gasteiger charge is -2.06. The Morgan fingerprint density at radius 1 is 1.25 bits per heavy atom. The van der Waals surface area contributed by atoms with E-state index in [1.54, 1.807) is 0 Å². The summed E-state index contributed by atoms with van der Waals surface area (Å²) in [4.78, 5) is 8.62. The van der Waals surface area contributed by atoms with Crippen molar-refractivity contribution in [2.45, 2.75) is 19.4 Å². The maximum absolute atomic E-state index is 6.01. The predicted octanol–water partition coefficient (Wildman–Crippen LogP) is 3.10. The molecule has 0 aliphatic rings. The Morgan fingerprint density at radius 3 is 2.90 bits per heavy atom. The smallest absolute Gasteiger partial charge is 0.228 e. The van der Waals surface area contributed by atoms with Crippen LogP contribution in [0, 0.1) is 0 Å². The Balaban J connectivity index is 1.95. The second-order valence-electron chi connectivity index (χ2n) is 4.34. The van der Waals surface area contributed by atoms with Crippen LogP contribution in [0.2, 0.25) is 5.02 Å². The lowest BCUT2D eigenvalue weighted by molar-refractivity contribution is 0.371. The highest BCUT2D eigenvalue weighted by molar-refractivity contribution is 6.31. The largest absolute Gasteiger partial charge is 0.340 e. The van der Waals surface area contributed by atoms with Crippen LogP contribution in [-0.2, 0) is 19.4 Å². The van der Waals surface area contributed by atoms with Gasteiger partial charge in [0.15, 0.2) is 6.33 Å². The maximum atomic E-state index is 6.01. The van der Waals surface area contributed by atoms with E-state index in [0.717, 1.165) is 16.9 Å². The molecule has 0 unspecified atom stereocenters. The number of imidazole rings is 1. The van der Waals surface area contributed by atoms with Crippen molar-refractivity contribution in [3.63, 3.8) is 0 Å². The summed E-state index contributed by atoms with van der Waals surface area (Å²) in [5, 5.41) is 4.28. The first-order valence-electron chi connectivity index (χ1n) is 6.24. The average Bonchev–Trinajstić information content (AvgIpc) is 3.04. The lowest BCUT2D eigenvalue weighted by Crippen LogP contribution is -2.07. The van der Waals surface area contributed by atoms with Gasteiger partial charge in [-0.05, 0) is 18.2 Å². The maximum Gasteiger partial charge on any atom is 0.228 e. The van der Waals surface area contributed by atoms with Crippen LogP contribution < -0.4 is 0 Å². The minimum atomic E-state index is 0.525. The summed E-state index contributed by atoms with van der Waals surface area (Å²) >= 11 is 11.9. The highest BCUT2D eigenvalue weighted by Crippen LogP contribution is 2.21. The molecule has 0 aliphatic heterocycles. The topological polar surface area (TPSA) is 56.7 Å². The van der Waals surface area contributed by atoms with E-state index in [9.17, 15) is 0 Å². The Bertz CT molecular complexity index is 709. The van der Waals surface area contributed by atoms with E-state index in [-0.39, 0.29) is 0 Å². The molecular formula is C13H12Cl2N4O. The highest BCUT2D eigenvalue weighted by atomic mass is 35.5. The van der Waals surface area contributed by atoms with Gasteiger partial charge in [-0.15, -0.1) is 11.6 Å². The fraction of sp³-hybridized carbons (Fsp3) is 0.308. The molecule has 0 amide bonds. The monoisotopic (exact) mass is 310 g/mol. The zero-order valence-corrected chi connectivity index (χ0v) is 12.1. The van der Waals surface area contributed by atoms with Crippen molar-refractivity contribution in [1.82, 2.24) is 19.7 Å². The van der Waals surface area contributed by atoms with Crippen molar-refractivity contribution in [3.05, 3.63) is 41.3 Å². The number of halogens is 2. The second kappa shape index (κ2) is 5.81. The van der Waals surface area contributed by atoms with Gasteiger partial charge in [-0.3, -0.25) is 0 Å². The van der Waals surface area contributed by atoms with Crippen molar-refractivity contribution in [2.24, 2.45) is 0 Å². The molecule has 5 nitrogen and oxygen atoms in total. The van der Waals surface area contributed by atoms with Gasteiger partial charge in [0.25, 0.3) is 0 Å². The third kappa shape index (κ3) is 2.64. The van der Waals surface area contributed by atoms with Gasteiger partial charge in [0, 0.05) is 30.3 Å². The van der Waals surface area contributed by atoms with Gasteiger partial charge in [-0.1, -0.05) is 16.8 Å². The van der Waals surface area contributed by atoms with Crippen LogP contribution in [0.3, 0.4) is 0 Å². The molecule has 1 aromatic carbocycles. The standard InChI is InChI=1S/C13H12Cl2N4O/c14-5-3-12-18-10-7-9(15)1-2-11(10)19(12)6-4-13-16-8-17-20-13/h1-2,7-8H,3-6H2. The second-order valence-corrected chi connectivity index (χ2v) is 5.15. The molecule has 0 bridgehead atoms. The molecule has 3 aromatic rings. The molecule has 0 saturated carbocycles. The molecule has 0 spiro atoms. The Kier molecular flexibility index (Phi) is 3.89. The number of nitrogens with zero attached hydrogens (tertiary/aromatic N) is 4. The number of hydrogen-bond acceptors (Lipinski definition) is 4. The van der Waals surface area contributed by atoms with Crippen molar-refractivity contribution in [3.8, 4) is 0 Å². The average molecular weight is 311 g/mol. The zero-order valence-electron chi connectivity index (χ0n) is 10.6. The Hall–Kier alpha value is -1.59. The third-order valence-corrected chi connectivity index (χ3v) is 3.49. The number of benzene rings is 1. The molecule has 2 aromatic heterocycles. The number of aryl methyl sites for hydroxylation is 3. The minimum absolute atomic E-state index is 0.525. The van der Waals surface area contributed by atoms with Crippen molar-refractivity contribution >= 4 is 34.2 Å². The van der Waals surface area contributed by atoms with Gasteiger partial charge >= 0.3 is 0 Å². The van der Waals surface area contributed by atoms with Gasteiger partial charge in [-0.25, -0.2) is 4.98 Å². The van der Waals surface area contributed by atoms with Crippen LogP contribution in [0.5, 0.6) is 0 Å². The molecule has 0 fully saturated rings. The third-order valence-electron chi connectivity index (χ3n) is 3.06. The molecule has 104 valence electrons. The number of hydrogen-bond donors (Lipinski definition) is 0. The first-order valence-corrected chi connectivity index (χ1v) is 7.15. The zero-order chi connectivity index (χ0) is 13.9. The fourth-order valence-corrected chi connectivity index (χ4v) is 2.53. The van der Waals surface area contributed by atoms with Gasteiger partial charge in [-0.2, -0.15) is 4.98 Å². The lowest BCUT2D eigenvalue weighted by atomic mass is 10.3. The fourth-order valence-electron chi connectivity index (χ4n) is 2.19. The molecule has 3 rings (SSSR count). The van der Waals surface area contributed by atoms with Crippen LogP contribution in [-0.4, -0.2) is 25.6 Å². The summed E-state index contributed by atoms with van der Waals surface area (Å²) < 4.78 is 7.14. The normalized spacial score (nSPS) is 11.3. The first-order chi connectivity index (χ1) is 9.78. The van der Waals surface area contributed by atoms with Crippen LogP contribution in [0.4, 0.5) is 0 Å². The van der Waals surface area contributed by atoms with Gasteiger partial charge in [0.2, 0.25) is 5.89 Å². The SMILES string of the molecule is ClCCc1nc2cc(Cl)ccc2n1CCc1ncno1. The first kappa shape index (κ1) is 13.4. The summed E-state index contributed by atoms with van der Waals surface area (Å²) in [5.41, 5.74) is 1.91. The molecule has 0 radical (unpaired) electrons. The minimum Gasteiger partial charge on any atom is -0.340 e. The van der Waals surface area contributed by atoms with Crippen LogP contribution >= 0.6 is 23.2 Å². The summed E-state index contributed by atoms with van der Waals surface area (Å²) in [5.74, 6) is 2.08.